The zero-order valence-electron chi connectivity index (χ0n) is 34.5. The Morgan fingerprint density at radius 3 is 2.19 bits per heavy atom. The van der Waals surface area contributed by atoms with Crippen molar-refractivity contribution < 1.29 is 28.4 Å². The van der Waals surface area contributed by atoms with E-state index in [1.165, 1.54) is 5.56 Å². The summed E-state index contributed by atoms with van der Waals surface area (Å²) in [5.41, 5.74) is 0.643. The Labute approximate surface area is 318 Å². The third kappa shape index (κ3) is 8.94. The lowest BCUT2D eigenvalue weighted by Crippen LogP contribution is -2.64. The van der Waals surface area contributed by atoms with Crippen LogP contribution < -0.4 is 0 Å². The molecule has 0 saturated carbocycles. The Morgan fingerprint density at radius 1 is 0.846 bits per heavy atom. The molecule has 6 heteroatoms. The van der Waals surface area contributed by atoms with Crippen LogP contribution in [0.2, 0.25) is 0 Å². The van der Waals surface area contributed by atoms with Gasteiger partial charge in [-0.2, -0.15) is 0 Å². The minimum atomic E-state index is -0.516. The zero-order valence-corrected chi connectivity index (χ0v) is 34.5. The molecule has 2 fully saturated rings. The van der Waals surface area contributed by atoms with E-state index in [4.69, 9.17) is 28.4 Å². The van der Waals surface area contributed by atoms with Gasteiger partial charge in [0, 0.05) is 35.7 Å². The maximum absolute atomic E-state index is 7.80. The highest BCUT2D eigenvalue weighted by molar-refractivity contribution is 5.24. The normalized spacial score (nSPS) is 34.9. The topological polar surface area (TPSA) is 55.4 Å². The number of allylic oxidation sites excluding steroid dienone is 2. The molecule has 4 rings (SSSR count). The molecule has 0 aliphatic carbocycles. The fourth-order valence-electron chi connectivity index (χ4n) is 10.1. The minimum absolute atomic E-state index is 0.0642. The molecule has 0 radical (unpaired) electrons. The monoisotopic (exact) mass is 723 g/mol. The van der Waals surface area contributed by atoms with Crippen molar-refractivity contribution in [3.8, 4) is 0 Å². The van der Waals surface area contributed by atoms with Crippen LogP contribution in [0.15, 0.2) is 67.0 Å². The van der Waals surface area contributed by atoms with Gasteiger partial charge in [-0.25, -0.2) is 0 Å². The molecule has 2 bridgehead atoms. The number of rotatable bonds is 15. The third-order valence-corrected chi connectivity index (χ3v) is 13.9. The van der Waals surface area contributed by atoms with Gasteiger partial charge in [0.25, 0.3) is 0 Å². The average Bonchev–Trinajstić information content (AvgIpc) is 3.23. The van der Waals surface area contributed by atoms with E-state index in [0.29, 0.717) is 38.6 Å². The van der Waals surface area contributed by atoms with Crippen LogP contribution in [0.1, 0.15) is 139 Å². The number of ether oxygens (including phenoxy) is 6. The number of aryl methyl sites for hydroxylation is 1. The molecule has 52 heavy (non-hydrogen) atoms. The molecule has 1 aromatic carbocycles. The smallest absolute Gasteiger partial charge is 0.163 e. The van der Waals surface area contributed by atoms with Crippen LogP contribution in [0.25, 0.3) is 0 Å². The van der Waals surface area contributed by atoms with Crippen LogP contribution in [0.5, 0.6) is 0 Å². The Hall–Kier alpha value is -1.96. The number of benzene rings is 1. The first-order valence-corrected chi connectivity index (χ1v) is 20.8. The molecule has 3 aliphatic heterocycles. The van der Waals surface area contributed by atoms with E-state index in [2.05, 4.69) is 106 Å². The first-order valence-electron chi connectivity index (χ1n) is 20.8. The second-order valence-corrected chi connectivity index (χ2v) is 16.6. The molecule has 3 aliphatic rings. The predicted octanol–water partition coefficient (Wildman–Crippen LogP) is 11.3. The second kappa shape index (κ2) is 18.6. The SMILES string of the molecule is C=C1C=CC(=C)OCC(OC(CC)(CC)C2(CC)CC3COC(OCC(C)(CC)C(CC)O3)C2(C)CC)CC(CC)(OCCCc2ccccc2)C1. The van der Waals surface area contributed by atoms with Gasteiger partial charge in [-0.3, -0.25) is 0 Å². The molecule has 2 saturated heterocycles. The Kier molecular flexibility index (Phi) is 15.3. The van der Waals surface area contributed by atoms with Gasteiger partial charge in [-0.15, -0.1) is 0 Å². The van der Waals surface area contributed by atoms with Crippen molar-refractivity contribution in [2.45, 2.75) is 175 Å². The van der Waals surface area contributed by atoms with Crippen molar-refractivity contribution in [1.82, 2.24) is 0 Å². The maximum Gasteiger partial charge on any atom is 0.163 e. The standard InChI is InChI=1S/C46H74O6/c1-12-40-42(10,13-2)34-49-41-43(11,14-3)45(16-5,31-38(51-40)32-48-41)46(17-6,18-7)52-39-30-44(15-4,29-35(8)26-27-36(9)47-33-39)50-28-22-25-37-23-20-19-21-24-37/h19-21,23-24,26-27,38-41H,8-9,12-18,22,25,28-34H2,1-7,10-11H3. The minimum Gasteiger partial charge on any atom is -0.492 e. The summed E-state index contributed by atoms with van der Waals surface area (Å²) in [7, 11) is 0. The lowest BCUT2D eigenvalue weighted by molar-refractivity contribution is -0.294. The first-order chi connectivity index (χ1) is 24.9. The van der Waals surface area contributed by atoms with Gasteiger partial charge in [0.15, 0.2) is 6.29 Å². The van der Waals surface area contributed by atoms with Crippen LogP contribution >= 0.6 is 0 Å². The molecule has 3 heterocycles. The summed E-state index contributed by atoms with van der Waals surface area (Å²) in [4.78, 5) is 0. The second-order valence-electron chi connectivity index (χ2n) is 16.6. The summed E-state index contributed by atoms with van der Waals surface area (Å²) in [6.45, 7) is 31.6. The fourth-order valence-corrected chi connectivity index (χ4v) is 10.1. The largest absolute Gasteiger partial charge is 0.492 e. The molecule has 6 nitrogen and oxygen atoms in total. The summed E-state index contributed by atoms with van der Waals surface area (Å²) < 4.78 is 42.2. The van der Waals surface area contributed by atoms with Crippen molar-refractivity contribution in [1.29, 1.82) is 0 Å². The van der Waals surface area contributed by atoms with Crippen molar-refractivity contribution in [3.63, 3.8) is 0 Å². The lowest BCUT2D eigenvalue weighted by Gasteiger charge is -2.61. The fraction of sp³-hybridized carbons (Fsp3) is 0.739. The molecular formula is C46H74O6. The van der Waals surface area contributed by atoms with Crippen molar-refractivity contribution in [2.75, 3.05) is 26.4 Å². The van der Waals surface area contributed by atoms with Gasteiger partial charge in [-0.1, -0.05) is 117 Å². The highest BCUT2D eigenvalue weighted by atomic mass is 16.7. The van der Waals surface area contributed by atoms with Crippen LogP contribution in [0.4, 0.5) is 0 Å². The third-order valence-electron chi connectivity index (χ3n) is 13.9. The van der Waals surface area contributed by atoms with E-state index >= 15 is 0 Å². The Bertz CT molecular complexity index is 1300. The first kappa shape index (κ1) is 42.8. The summed E-state index contributed by atoms with van der Waals surface area (Å²) in [6, 6.07) is 10.7. The van der Waals surface area contributed by atoms with Crippen molar-refractivity contribution >= 4 is 0 Å². The molecule has 0 aromatic heterocycles. The summed E-state index contributed by atoms with van der Waals surface area (Å²) in [6.07, 6.45) is 13.9. The molecule has 294 valence electrons. The van der Waals surface area contributed by atoms with Gasteiger partial charge in [-0.05, 0) is 75.8 Å². The molecular weight excluding hydrogens is 649 g/mol. The van der Waals surface area contributed by atoms with Crippen LogP contribution in [0.3, 0.4) is 0 Å². The van der Waals surface area contributed by atoms with Gasteiger partial charge >= 0.3 is 0 Å². The number of hydrogen-bond acceptors (Lipinski definition) is 6. The van der Waals surface area contributed by atoms with Crippen molar-refractivity contribution in [2.24, 2.45) is 16.2 Å². The Balaban J connectivity index is 1.75. The van der Waals surface area contributed by atoms with E-state index in [1.54, 1.807) is 0 Å². The van der Waals surface area contributed by atoms with Crippen LogP contribution in [0, 0.1) is 16.2 Å². The molecule has 8 unspecified atom stereocenters. The van der Waals surface area contributed by atoms with Gasteiger partial charge in [0.05, 0.1) is 42.7 Å². The van der Waals surface area contributed by atoms with Gasteiger partial charge in [0.1, 0.15) is 12.4 Å². The maximum atomic E-state index is 7.80. The summed E-state index contributed by atoms with van der Waals surface area (Å²) in [5.74, 6) is 0.626. The molecule has 8 atom stereocenters. The number of hydrogen-bond donors (Lipinski definition) is 0. The van der Waals surface area contributed by atoms with E-state index in [0.717, 1.165) is 76.2 Å². The van der Waals surface area contributed by atoms with E-state index in [1.807, 2.05) is 12.2 Å². The van der Waals surface area contributed by atoms with Crippen molar-refractivity contribution in [3.05, 3.63) is 72.5 Å². The molecule has 0 spiro atoms. The zero-order chi connectivity index (χ0) is 38.0. The van der Waals surface area contributed by atoms with Crippen LogP contribution in [-0.2, 0) is 34.8 Å². The molecule has 0 amide bonds. The van der Waals surface area contributed by atoms with E-state index in [-0.39, 0.29) is 40.8 Å². The summed E-state index contributed by atoms with van der Waals surface area (Å²) >= 11 is 0. The molecule has 1 aromatic rings. The predicted molar refractivity (Wildman–Crippen MR) is 213 cm³/mol. The molecule has 0 N–H and O–H groups in total. The summed E-state index contributed by atoms with van der Waals surface area (Å²) in [5, 5.41) is 0. The van der Waals surface area contributed by atoms with Gasteiger partial charge in [0.2, 0.25) is 0 Å². The number of fused-ring (bicyclic) bond motifs is 3. The quantitative estimate of drug-likeness (QED) is 0.168. The Morgan fingerprint density at radius 2 is 1.58 bits per heavy atom. The lowest BCUT2D eigenvalue weighted by atomic mass is 9.50. The highest BCUT2D eigenvalue weighted by Crippen LogP contribution is 2.63. The average molecular weight is 723 g/mol. The van der Waals surface area contributed by atoms with E-state index < -0.39 is 11.2 Å². The van der Waals surface area contributed by atoms with E-state index in [9.17, 15) is 0 Å². The van der Waals surface area contributed by atoms with Gasteiger partial charge < -0.3 is 28.4 Å². The van der Waals surface area contributed by atoms with Crippen LogP contribution in [-0.4, -0.2) is 62.2 Å². The highest BCUT2D eigenvalue weighted by Gasteiger charge is 2.65.